The Morgan fingerprint density at radius 2 is 2.14 bits per heavy atom. The van der Waals surface area contributed by atoms with Crippen molar-refractivity contribution in [2.75, 3.05) is 0 Å². The van der Waals surface area contributed by atoms with Gasteiger partial charge in [-0.1, -0.05) is 0 Å². The molecule has 1 aromatic heterocycles. The summed E-state index contributed by atoms with van der Waals surface area (Å²) in [5.41, 5.74) is -3.73. The van der Waals surface area contributed by atoms with Crippen LogP contribution in [-0.2, 0) is 0 Å². The van der Waals surface area contributed by atoms with Crippen molar-refractivity contribution >= 4 is 11.8 Å². The summed E-state index contributed by atoms with van der Waals surface area (Å²) in [6.45, 7) is 0. The molecular weight excluding hydrogens is 198 g/mol. The van der Waals surface area contributed by atoms with Crippen molar-refractivity contribution in [3.05, 3.63) is 37.1 Å². The van der Waals surface area contributed by atoms with Crippen molar-refractivity contribution in [3.63, 3.8) is 0 Å². The summed E-state index contributed by atoms with van der Waals surface area (Å²) >= 11 is 0. The second-order valence-corrected chi connectivity index (χ2v) is 2.16. The van der Waals surface area contributed by atoms with Crippen molar-refractivity contribution in [2.45, 2.75) is 0 Å². The Hall–Kier alpha value is -2.45. The van der Waals surface area contributed by atoms with E-state index >= 15 is 0 Å². The molecule has 0 amide bonds. The van der Waals surface area contributed by atoms with Gasteiger partial charge in [0, 0.05) is 0 Å². The SMILES string of the molecule is O=C(O)n1c(=O)[nH]cc([N+](=O)[O-])c1=O. The van der Waals surface area contributed by atoms with Crippen LogP contribution in [0, 0.1) is 10.1 Å². The number of rotatable bonds is 1. The van der Waals surface area contributed by atoms with Gasteiger partial charge >= 0.3 is 23.0 Å². The Morgan fingerprint density at radius 3 is 2.57 bits per heavy atom. The highest BCUT2D eigenvalue weighted by Crippen LogP contribution is 1.96. The molecule has 0 aliphatic carbocycles. The third-order valence-corrected chi connectivity index (χ3v) is 1.35. The average Bonchev–Trinajstić information content (AvgIpc) is 2.02. The van der Waals surface area contributed by atoms with Gasteiger partial charge in [-0.05, 0) is 0 Å². The Kier molecular flexibility index (Phi) is 2.15. The standard InChI is InChI=1S/C5H3N3O6/c9-3-2(8(13)14)1-6-4(10)7(3)5(11)12/h1H,(H,6,10)(H,11,12). The van der Waals surface area contributed by atoms with Crippen LogP contribution in [0.1, 0.15) is 0 Å². The van der Waals surface area contributed by atoms with Crippen LogP contribution in [0.3, 0.4) is 0 Å². The van der Waals surface area contributed by atoms with E-state index in [1.54, 1.807) is 4.98 Å². The Bertz CT molecular complexity index is 511. The molecule has 0 radical (unpaired) electrons. The van der Waals surface area contributed by atoms with Crippen LogP contribution in [0.15, 0.2) is 15.8 Å². The van der Waals surface area contributed by atoms with Crippen molar-refractivity contribution in [1.29, 1.82) is 0 Å². The first-order chi connectivity index (χ1) is 6.45. The summed E-state index contributed by atoms with van der Waals surface area (Å²) in [5, 5.41) is 18.6. The molecule has 0 unspecified atom stereocenters. The van der Waals surface area contributed by atoms with Crippen LogP contribution in [0.2, 0.25) is 0 Å². The summed E-state index contributed by atoms with van der Waals surface area (Å²) in [5.74, 6) is 0. The summed E-state index contributed by atoms with van der Waals surface area (Å²) in [6, 6.07) is 0. The molecule has 1 rings (SSSR count). The molecular formula is C5H3N3O6. The quantitative estimate of drug-likeness (QED) is 0.440. The molecule has 0 aliphatic rings. The number of aromatic amines is 1. The van der Waals surface area contributed by atoms with Crippen molar-refractivity contribution < 1.29 is 14.8 Å². The van der Waals surface area contributed by atoms with E-state index in [9.17, 15) is 24.5 Å². The van der Waals surface area contributed by atoms with Gasteiger partial charge in [0.2, 0.25) is 0 Å². The second-order valence-electron chi connectivity index (χ2n) is 2.16. The molecule has 0 spiro atoms. The molecule has 9 nitrogen and oxygen atoms in total. The van der Waals surface area contributed by atoms with Gasteiger partial charge in [0.1, 0.15) is 0 Å². The molecule has 74 valence electrons. The number of carboxylic acid groups (broad SMARTS) is 1. The molecule has 1 heterocycles. The maximum atomic E-state index is 11.0. The number of carbonyl (C=O) groups is 1. The molecule has 0 saturated carbocycles. The van der Waals surface area contributed by atoms with Crippen LogP contribution in [-0.4, -0.2) is 25.7 Å². The topological polar surface area (TPSA) is 135 Å². The summed E-state index contributed by atoms with van der Waals surface area (Å²) in [4.78, 5) is 42.9. The van der Waals surface area contributed by atoms with Crippen molar-refractivity contribution in [2.24, 2.45) is 0 Å². The predicted octanol–water partition coefficient (Wildman–Crippen LogP) is -1.03. The monoisotopic (exact) mass is 201 g/mol. The van der Waals surface area contributed by atoms with Crippen molar-refractivity contribution in [3.8, 4) is 0 Å². The number of aromatic nitrogens is 2. The van der Waals surface area contributed by atoms with Crippen LogP contribution in [0.5, 0.6) is 0 Å². The highest BCUT2D eigenvalue weighted by atomic mass is 16.6. The zero-order valence-electron chi connectivity index (χ0n) is 6.46. The summed E-state index contributed by atoms with van der Waals surface area (Å²) < 4.78 is -0.280. The first-order valence-electron chi connectivity index (χ1n) is 3.17. The van der Waals surface area contributed by atoms with Crippen LogP contribution in [0.4, 0.5) is 10.5 Å². The zero-order chi connectivity index (χ0) is 10.9. The minimum absolute atomic E-state index is 0.280. The van der Waals surface area contributed by atoms with Crippen LogP contribution < -0.4 is 11.2 Å². The number of H-pyrrole nitrogens is 1. The van der Waals surface area contributed by atoms with E-state index in [1.807, 2.05) is 0 Å². The first-order valence-corrected chi connectivity index (χ1v) is 3.17. The smallest absolute Gasteiger partial charge is 0.423 e. The Balaban J connectivity index is 3.67. The predicted molar refractivity (Wildman–Crippen MR) is 41.4 cm³/mol. The minimum Gasteiger partial charge on any atom is -0.464 e. The third-order valence-electron chi connectivity index (χ3n) is 1.35. The van der Waals surface area contributed by atoms with Crippen LogP contribution >= 0.6 is 0 Å². The highest BCUT2D eigenvalue weighted by Gasteiger charge is 2.19. The van der Waals surface area contributed by atoms with E-state index < -0.39 is 28.0 Å². The van der Waals surface area contributed by atoms with Crippen LogP contribution in [0.25, 0.3) is 0 Å². The van der Waals surface area contributed by atoms with Gasteiger partial charge in [-0.25, -0.2) is 9.59 Å². The molecule has 1 aromatic rings. The van der Waals surface area contributed by atoms with E-state index in [4.69, 9.17) is 5.11 Å². The van der Waals surface area contributed by atoms with Gasteiger partial charge in [-0.2, -0.15) is 4.57 Å². The van der Waals surface area contributed by atoms with E-state index in [-0.39, 0.29) is 4.57 Å². The fourth-order valence-electron chi connectivity index (χ4n) is 0.768. The zero-order valence-corrected chi connectivity index (χ0v) is 6.46. The molecule has 0 fully saturated rings. The van der Waals surface area contributed by atoms with E-state index in [0.717, 1.165) is 0 Å². The second kappa shape index (κ2) is 3.12. The lowest BCUT2D eigenvalue weighted by atomic mass is 10.5. The molecule has 0 bridgehead atoms. The van der Waals surface area contributed by atoms with Gasteiger partial charge < -0.3 is 10.1 Å². The molecule has 0 saturated heterocycles. The highest BCUT2D eigenvalue weighted by molar-refractivity contribution is 5.67. The molecule has 0 atom stereocenters. The average molecular weight is 201 g/mol. The largest absolute Gasteiger partial charge is 0.464 e. The normalized spacial score (nSPS) is 9.71. The summed E-state index contributed by atoms with van der Waals surface area (Å²) in [6.07, 6.45) is -1.33. The van der Waals surface area contributed by atoms with E-state index in [1.165, 1.54) is 0 Å². The lowest BCUT2D eigenvalue weighted by Crippen LogP contribution is -2.39. The Labute approximate surface area is 74.4 Å². The van der Waals surface area contributed by atoms with Gasteiger partial charge in [-0.15, -0.1) is 0 Å². The number of nitrogens with zero attached hydrogens (tertiary/aromatic N) is 2. The molecule has 14 heavy (non-hydrogen) atoms. The lowest BCUT2D eigenvalue weighted by Gasteiger charge is -1.95. The number of hydrogen-bond acceptors (Lipinski definition) is 5. The molecule has 0 aliphatic heterocycles. The van der Waals surface area contributed by atoms with Gasteiger partial charge in [0.25, 0.3) is 0 Å². The van der Waals surface area contributed by atoms with E-state index in [2.05, 4.69) is 0 Å². The van der Waals surface area contributed by atoms with Crippen molar-refractivity contribution in [1.82, 2.24) is 9.55 Å². The van der Waals surface area contributed by atoms with Gasteiger partial charge in [0.15, 0.2) is 0 Å². The summed E-state index contributed by atoms with van der Waals surface area (Å²) in [7, 11) is 0. The number of hydrogen-bond donors (Lipinski definition) is 2. The maximum absolute atomic E-state index is 11.0. The minimum atomic E-state index is -1.88. The molecule has 0 aromatic carbocycles. The fraction of sp³-hybridized carbons (Fsp3) is 0. The third kappa shape index (κ3) is 1.37. The molecule has 2 N–H and O–H groups in total. The number of nitro groups is 1. The fourth-order valence-corrected chi connectivity index (χ4v) is 0.768. The molecule has 9 heteroatoms. The first kappa shape index (κ1) is 9.64. The van der Waals surface area contributed by atoms with Gasteiger partial charge in [0.05, 0.1) is 11.1 Å². The lowest BCUT2D eigenvalue weighted by molar-refractivity contribution is -0.386. The van der Waals surface area contributed by atoms with Gasteiger partial charge in [-0.3, -0.25) is 14.9 Å². The number of nitrogens with one attached hydrogen (secondary N) is 1. The van der Waals surface area contributed by atoms with E-state index in [0.29, 0.717) is 6.20 Å². The Morgan fingerprint density at radius 1 is 1.57 bits per heavy atom. The maximum Gasteiger partial charge on any atom is 0.423 e.